The molecule has 0 saturated carbocycles. The average molecular weight is 390 g/mol. The maximum Gasteiger partial charge on any atom is 0.405 e. The lowest BCUT2D eigenvalue weighted by atomic mass is 10.1. The molecule has 9 heteroatoms. The van der Waals surface area contributed by atoms with E-state index in [4.69, 9.17) is 0 Å². The third-order valence-electron chi connectivity index (χ3n) is 4.02. The van der Waals surface area contributed by atoms with Gasteiger partial charge >= 0.3 is 6.18 Å². The third-order valence-corrected chi connectivity index (χ3v) is 5.03. The fourth-order valence-electron chi connectivity index (χ4n) is 2.76. The molecule has 2 N–H and O–H groups in total. The second kappa shape index (κ2) is 9.27. The lowest BCUT2D eigenvalue weighted by Crippen LogP contribution is -2.48. The zero-order chi connectivity index (χ0) is 19.2. The minimum atomic E-state index is -4.48. The fraction of sp³-hybridized carbons (Fsp3) is 0.529. The van der Waals surface area contributed by atoms with E-state index in [1.165, 1.54) is 16.7 Å². The van der Waals surface area contributed by atoms with Crippen LogP contribution in [0.15, 0.2) is 30.3 Å². The van der Waals surface area contributed by atoms with Gasteiger partial charge in [0.05, 0.1) is 11.9 Å². The van der Waals surface area contributed by atoms with Gasteiger partial charge in [0.25, 0.3) is 0 Å². The van der Waals surface area contributed by atoms with Crippen molar-refractivity contribution in [3.63, 3.8) is 0 Å². The van der Waals surface area contributed by atoms with E-state index < -0.39 is 30.8 Å². The van der Waals surface area contributed by atoms with Crippen LogP contribution in [0.25, 0.3) is 0 Å². The van der Waals surface area contributed by atoms with Gasteiger partial charge in [0.15, 0.2) is 0 Å². The van der Waals surface area contributed by atoms with Crippen LogP contribution in [0, 0.1) is 0 Å². The summed E-state index contributed by atoms with van der Waals surface area (Å²) in [6, 6.07) is 8.17. The molecule has 5 nitrogen and oxygen atoms in total. The van der Waals surface area contributed by atoms with E-state index >= 15 is 0 Å². The molecule has 0 bridgehead atoms. The molecule has 26 heavy (non-hydrogen) atoms. The second-order valence-corrected chi connectivity index (χ2v) is 7.05. The van der Waals surface area contributed by atoms with Gasteiger partial charge in [-0.25, -0.2) is 0 Å². The number of nitrogens with one attached hydrogen (secondary N) is 1. The molecule has 1 heterocycles. The number of halogens is 3. The van der Waals surface area contributed by atoms with Gasteiger partial charge in [0, 0.05) is 12.3 Å². The number of amides is 2. The van der Waals surface area contributed by atoms with Crippen LogP contribution in [0.2, 0.25) is 0 Å². The van der Waals surface area contributed by atoms with Crippen LogP contribution in [0.1, 0.15) is 24.5 Å². The Morgan fingerprint density at radius 2 is 2.00 bits per heavy atom. The summed E-state index contributed by atoms with van der Waals surface area (Å²) >= 11 is 1.23. The minimum Gasteiger partial charge on any atom is -0.388 e. The smallest absolute Gasteiger partial charge is 0.388 e. The van der Waals surface area contributed by atoms with Crippen LogP contribution < -0.4 is 5.32 Å². The molecule has 0 aromatic heterocycles. The Balaban J connectivity index is 1.79. The molecule has 0 spiro atoms. The summed E-state index contributed by atoms with van der Waals surface area (Å²) < 4.78 is 36.7. The normalized spacial score (nSPS) is 18.6. The fourth-order valence-corrected chi connectivity index (χ4v) is 3.63. The highest BCUT2D eigenvalue weighted by molar-refractivity contribution is 7.99. The summed E-state index contributed by atoms with van der Waals surface area (Å²) in [5.74, 6) is -0.705. The number of hydrogen-bond acceptors (Lipinski definition) is 4. The number of nitrogens with zero attached hydrogens (tertiary/aromatic N) is 1. The number of rotatable bonds is 7. The largest absolute Gasteiger partial charge is 0.405 e. The average Bonchev–Trinajstić information content (AvgIpc) is 3.09. The molecule has 2 amide bonds. The van der Waals surface area contributed by atoms with Crippen LogP contribution in [0.4, 0.5) is 13.2 Å². The molecular formula is C17H21F3N2O3S. The van der Waals surface area contributed by atoms with Crippen molar-refractivity contribution in [2.45, 2.75) is 31.2 Å². The molecule has 0 aliphatic carbocycles. The number of aliphatic hydroxyl groups excluding tert-OH is 1. The molecule has 1 aliphatic heterocycles. The SMILES string of the molecule is O=C(NCC(F)(F)F)C1CCCN1C(=O)CSCC(O)c1ccccc1. The van der Waals surface area contributed by atoms with Gasteiger partial charge in [0.1, 0.15) is 12.6 Å². The zero-order valence-electron chi connectivity index (χ0n) is 14.0. The van der Waals surface area contributed by atoms with Crippen LogP contribution >= 0.6 is 11.8 Å². The van der Waals surface area contributed by atoms with E-state index in [9.17, 15) is 27.9 Å². The van der Waals surface area contributed by atoms with Crippen molar-refractivity contribution >= 4 is 23.6 Å². The van der Waals surface area contributed by atoms with Gasteiger partial charge in [-0.05, 0) is 18.4 Å². The zero-order valence-corrected chi connectivity index (χ0v) is 14.9. The quantitative estimate of drug-likeness (QED) is 0.748. The van der Waals surface area contributed by atoms with Gasteiger partial charge in [-0.15, -0.1) is 11.8 Å². The lowest BCUT2D eigenvalue weighted by molar-refractivity contribution is -0.144. The standard InChI is InChI=1S/C17H21F3N2O3S/c18-17(19,20)11-21-16(25)13-7-4-8-22(13)15(24)10-26-9-14(23)12-5-2-1-3-6-12/h1-3,5-6,13-14,23H,4,7-11H2,(H,21,25). The molecule has 1 aromatic carbocycles. The molecular weight excluding hydrogens is 369 g/mol. The van der Waals surface area contributed by atoms with Gasteiger partial charge in [-0.2, -0.15) is 13.2 Å². The number of hydrogen-bond donors (Lipinski definition) is 2. The van der Waals surface area contributed by atoms with Crippen molar-refractivity contribution in [3.8, 4) is 0 Å². The predicted molar refractivity (Wildman–Crippen MR) is 92.5 cm³/mol. The Morgan fingerprint density at radius 3 is 2.65 bits per heavy atom. The van der Waals surface area contributed by atoms with Gasteiger partial charge < -0.3 is 15.3 Å². The summed E-state index contributed by atoms with van der Waals surface area (Å²) in [7, 11) is 0. The van der Waals surface area contributed by atoms with E-state index in [-0.39, 0.29) is 11.7 Å². The molecule has 144 valence electrons. The Hall–Kier alpha value is -1.74. The first-order valence-corrected chi connectivity index (χ1v) is 9.38. The molecule has 1 aliphatic rings. The van der Waals surface area contributed by atoms with E-state index in [1.807, 2.05) is 23.5 Å². The minimum absolute atomic E-state index is 0.0624. The van der Waals surface area contributed by atoms with Crippen LogP contribution in [0.3, 0.4) is 0 Å². The molecule has 2 rings (SSSR count). The van der Waals surface area contributed by atoms with Gasteiger partial charge in [0.2, 0.25) is 11.8 Å². The van der Waals surface area contributed by atoms with E-state index in [0.29, 0.717) is 25.1 Å². The summed E-state index contributed by atoms with van der Waals surface area (Å²) in [6.45, 7) is -1.05. The number of thioether (sulfide) groups is 1. The van der Waals surface area contributed by atoms with Crippen molar-refractivity contribution in [1.82, 2.24) is 10.2 Å². The topological polar surface area (TPSA) is 69.6 Å². The molecule has 1 fully saturated rings. The third kappa shape index (κ3) is 6.21. The molecule has 2 unspecified atom stereocenters. The van der Waals surface area contributed by atoms with E-state index in [2.05, 4.69) is 0 Å². The van der Waals surface area contributed by atoms with Crippen molar-refractivity contribution in [1.29, 1.82) is 0 Å². The lowest BCUT2D eigenvalue weighted by Gasteiger charge is -2.24. The first-order valence-electron chi connectivity index (χ1n) is 8.22. The van der Waals surface area contributed by atoms with Crippen molar-refractivity contribution in [3.05, 3.63) is 35.9 Å². The monoisotopic (exact) mass is 390 g/mol. The number of aliphatic hydroxyl groups is 1. The predicted octanol–water partition coefficient (Wildman–Crippen LogP) is 2.12. The summed E-state index contributed by atoms with van der Waals surface area (Å²) in [6.07, 6.45) is -4.26. The van der Waals surface area contributed by atoms with Crippen molar-refractivity contribution in [2.24, 2.45) is 0 Å². The molecule has 0 radical (unpaired) electrons. The van der Waals surface area contributed by atoms with Crippen molar-refractivity contribution in [2.75, 3.05) is 24.6 Å². The van der Waals surface area contributed by atoms with Gasteiger partial charge in [-0.3, -0.25) is 9.59 Å². The summed E-state index contributed by atoms with van der Waals surface area (Å²) in [4.78, 5) is 25.5. The number of carbonyl (C=O) groups excluding carboxylic acids is 2. The summed E-state index contributed by atoms with van der Waals surface area (Å²) in [5, 5.41) is 11.9. The highest BCUT2D eigenvalue weighted by Crippen LogP contribution is 2.22. The van der Waals surface area contributed by atoms with Crippen LogP contribution in [0.5, 0.6) is 0 Å². The maximum absolute atomic E-state index is 12.3. The second-order valence-electron chi connectivity index (χ2n) is 6.02. The Morgan fingerprint density at radius 1 is 1.31 bits per heavy atom. The molecule has 1 aromatic rings. The van der Waals surface area contributed by atoms with Crippen molar-refractivity contribution < 1.29 is 27.9 Å². The summed E-state index contributed by atoms with van der Waals surface area (Å²) in [5.41, 5.74) is 0.748. The molecule has 1 saturated heterocycles. The Labute approximate surface area is 153 Å². The number of likely N-dealkylation sites (tertiary alicyclic amines) is 1. The van der Waals surface area contributed by atoms with E-state index in [0.717, 1.165) is 5.56 Å². The molecule has 2 atom stereocenters. The first kappa shape index (κ1) is 20.6. The number of carbonyl (C=O) groups is 2. The Bertz CT molecular complexity index is 613. The van der Waals surface area contributed by atoms with Crippen LogP contribution in [-0.2, 0) is 9.59 Å². The van der Waals surface area contributed by atoms with Gasteiger partial charge in [-0.1, -0.05) is 30.3 Å². The number of benzene rings is 1. The highest BCUT2D eigenvalue weighted by atomic mass is 32.2. The van der Waals surface area contributed by atoms with Crippen LogP contribution in [-0.4, -0.2) is 58.6 Å². The Kier molecular flexibility index (Phi) is 7.33. The maximum atomic E-state index is 12.3. The highest BCUT2D eigenvalue weighted by Gasteiger charge is 2.36. The number of alkyl halides is 3. The van der Waals surface area contributed by atoms with E-state index in [1.54, 1.807) is 12.1 Å². The first-order chi connectivity index (χ1) is 12.3.